The first kappa shape index (κ1) is 14.2. The van der Waals surface area contributed by atoms with E-state index in [-0.39, 0.29) is 5.91 Å². The van der Waals surface area contributed by atoms with Crippen LogP contribution in [0, 0.1) is 0 Å². The van der Waals surface area contributed by atoms with E-state index in [0.717, 1.165) is 5.76 Å². The molecule has 18 heavy (non-hydrogen) atoms. The Morgan fingerprint density at radius 3 is 2.83 bits per heavy atom. The van der Waals surface area contributed by atoms with E-state index in [0.29, 0.717) is 19.5 Å². The van der Waals surface area contributed by atoms with Crippen LogP contribution in [0.4, 0.5) is 4.79 Å². The van der Waals surface area contributed by atoms with E-state index >= 15 is 0 Å². The van der Waals surface area contributed by atoms with Crippen molar-refractivity contribution >= 4 is 11.9 Å². The monoisotopic (exact) mass is 253 g/mol. The molecule has 3 N–H and O–H groups in total. The lowest BCUT2D eigenvalue weighted by atomic mass is 10.2. The third kappa shape index (κ3) is 5.01. The summed E-state index contributed by atoms with van der Waals surface area (Å²) >= 11 is 0. The average molecular weight is 253 g/mol. The third-order valence-corrected chi connectivity index (χ3v) is 2.37. The first-order chi connectivity index (χ1) is 8.63. The largest absolute Gasteiger partial charge is 0.469 e. The topological polar surface area (TPSA) is 83.4 Å². The molecule has 0 radical (unpaired) electrons. The Labute approximate surface area is 106 Å². The second-order valence-electron chi connectivity index (χ2n) is 3.85. The minimum absolute atomic E-state index is 0.347. The Balaban J connectivity index is 2.21. The molecule has 1 aromatic rings. The van der Waals surface area contributed by atoms with Crippen molar-refractivity contribution < 1.29 is 14.0 Å². The number of hydrogen-bond donors (Lipinski definition) is 3. The maximum Gasteiger partial charge on any atom is 0.321 e. The number of amides is 3. The lowest BCUT2D eigenvalue weighted by molar-refractivity contribution is -0.121. The second-order valence-corrected chi connectivity index (χ2v) is 3.85. The van der Waals surface area contributed by atoms with Gasteiger partial charge in [0.05, 0.1) is 12.3 Å². The molecule has 0 bridgehead atoms. The van der Waals surface area contributed by atoms with Gasteiger partial charge in [-0.1, -0.05) is 0 Å². The minimum atomic E-state index is -0.470. The smallest absolute Gasteiger partial charge is 0.321 e. The van der Waals surface area contributed by atoms with E-state index in [2.05, 4.69) is 16.0 Å². The van der Waals surface area contributed by atoms with Crippen molar-refractivity contribution in [3.63, 3.8) is 0 Å². The van der Waals surface area contributed by atoms with E-state index in [4.69, 9.17) is 4.42 Å². The van der Waals surface area contributed by atoms with Crippen molar-refractivity contribution in [2.45, 2.75) is 26.3 Å². The molecule has 0 aliphatic heterocycles. The normalized spacial score (nSPS) is 11.9. The summed E-state index contributed by atoms with van der Waals surface area (Å²) in [5.41, 5.74) is 0. The summed E-state index contributed by atoms with van der Waals surface area (Å²) in [5.74, 6) is 0.513. The highest BCUT2D eigenvalue weighted by Gasteiger charge is 2.14. The Morgan fingerprint density at radius 2 is 2.22 bits per heavy atom. The molecule has 0 aliphatic rings. The summed E-state index contributed by atoms with van der Waals surface area (Å²) in [6.07, 6.45) is 2.31. The van der Waals surface area contributed by atoms with E-state index in [1.807, 2.05) is 12.1 Å². The highest BCUT2D eigenvalue weighted by molar-refractivity contribution is 5.96. The lowest BCUT2D eigenvalue weighted by Gasteiger charge is -2.12. The zero-order chi connectivity index (χ0) is 13.4. The van der Waals surface area contributed by atoms with Gasteiger partial charge in [-0.3, -0.25) is 10.1 Å². The van der Waals surface area contributed by atoms with Crippen LogP contribution >= 0.6 is 0 Å². The van der Waals surface area contributed by atoms with Crippen LogP contribution in [0.25, 0.3) is 0 Å². The molecule has 1 rings (SSSR count). The second kappa shape index (κ2) is 7.50. The molecule has 0 fully saturated rings. The van der Waals surface area contributed by atoms with Crippen LogP contribution in [-0.4, -0.2) is 31.1 Å². The molecule has 0 spiro atoms. The van der Waals surface area contributed by atoms with E-state index in [9.17, 15) is 9.59 Å². The number of urea groups is 1. The predicted molar refractivity (Wildman–Crippen MR) is 67.1 cm³/mol. The highest BCUT2D eigenvalue weighted by Crippen LogP contribution is 1.99. The number of hydrogen-bond acceptors (Lipinski definition) is 4. The molecular weight excluding hydrogens is 234 g/mol. The number of rotatable bonds is 6. The molecular formula is C12H19N3O3. The molecule has 6 heteroatoms. The summed E-state index contributed by atoms with van der Waals surface area (Å²) in [5, 5.41) is 7.76. The molecule has 1 atom stereocenters. The maximum atomic E-state index is 11.6. The van der Waals surface area contributed by atoms with Crippen molar-refractivity contribution in [3.8, 4) is 0 Å². The van der Waals surface area contributed by atoms with Gasteiger partial charge in [-0.25, -0.2) is 4.79 Å². The fraction of sp³-hybridized carbons (Fsp3) is 0.500. The van der Waals surface area contributed by atoms with Gasteiger partial charge in [0.25, 0.3) is 0 Å². The van der Waals surface area contributed by atoms with Crippen LogP contribution in [-0.2, 0) is 11.2 Å². The fourth-order valence-corrected chi connectivity index (χ4v) is 1.38. The Morgan fingerprint density at radius 1 is 1.44 bits per heavy atom. The molecule has 6 nitrogen and oxygen atoms in total. The number of nitrogens with one attached hydrogen (secondary N) is 3. The average Bonchev–Trinajstić information content (AvgIpc) is 2.82. The first-order valence-corrected chi connectivity index (χ1v) is 5.98. The fourth-order valence-electron chi connectivity index (χ4n) is 1.38. The molecule has 1 heterocycles. The van der Waals surface area contributed by atoms with Crippen LogP contribution in [0.15, 0.2) is 22.8 Å². The molecule has 1 aromatic heterocycles. The van der Waals surface area contributed by atoms with Crippen molar-refractivity contribution in [2.75, 3.05) is 13.1 Å². The summed E-state index contributed by atoms with van der Waals surface area (Å²) in [6, 6.07) is 2.80. The molecule has 0 aliphatic carbocycles. The zero-order valence-electron chi connectivity index (χ0n) is 10.7. The van der Waals surface area contributed by atoms with Crippen molar-refractivity contribution in [1.29, 1.82) is 0 Å². The lowest BCUT2D eigenvalue weighted by Crippen LogP contribution is -2.48. The van der Waals surface area contributed by atoms with E-state index < -0.39 is 12.1 Å². The quantitative estimate of drug-likeness (QED) is 0.695. The molecule has 3 amide bonds. The number of imide groups is 1. The predicted octanol–water partition coefficient (Wildman–Crippen LogP) is 0.646. The summed E-state index contributed by atoms with van der Waals surface area (Å²) in [6.45, 7) is 4.59. The van der Waals surface area contributed by atoms with Crippen molar-refractivity contribution in [2.24, 2.45) is 0 Å². The third-order valence-electron chi connectivity index (χ3n) is 2.37. The first-order valence-electron chi connectivity index (χ1n) is 5.98. The van der Waals surface area contributed by atoms with Crippen LogP contribution in [0.5, 0.6) is 0 Å². The molecule has 0 saturated heterocycles. The van der Waals surface area contributed by atoms with Gasteiger partial charge in [0.2, 0.25) is 5.91 Å². The summed E-state index contributed by atoms with van der Waals surface area (Å²) < 4.78 is 5.17. The van der Waals surface area contributed by atoms with E-state index in [1.54, 1.807) is 20.1 Å². The standard InChI is InChI=1S/C12H19N3O3/c1-3-13-12(17)15-11(16)9(2)14-7-6-10-5-4-8-18-10/h4-5,8-9,14H,3,6-7H2,1-2H3,(H2,13,15,16,17). The Hall–Kier alpha value is -1.82. The Kier molecular flexibility index (Phi) is 5.93. The minimum Gasteiger partial charge on any atom is -0.469 e. The van der Waals surface area contributed by atoms with Gasteiger partial charge in [0.15, 0.2) is 0 Å². The molecule has 1 unspecified atom stereocenters. The number of furan rings is 1. The maximum absolute atomic E-state index is 11.6. The molecule has 0 aromatic carbocycles. The van der Waals surface area contributed by atoms with Gasteiger partial charge in [-0.2, -0.15) is 0 Å². The summed E-state index contributed by atoms with van der Waals surface area (Å²) in [7, 11) is 0. The molecule has 0 saturated carbocycles. The van der Waals surface area contributed by atoms with Crippen LogP contribution in [0.2, 0.25) is 0 Å². The van der Waals surface area contributed by atoms with Crippen LogP contribution in [0.1, 0.15) is 19.6 Å². The SMILES string of the molecule is CCNC(=O)NC(=O)C(C)NCCc1ccco1. The van der Waals surface area contributed by atoms with Gasteiger partial charge in [-0.15, -0.1) is 0 Å². The van der Waals surface area contributed by atoms with Crippen molar-refractivity contribution in [1.82, 2.24) is 16.0 Å². The van der Waals surface area contributed by atoms with Gasteiger partial charge in [0, 0.05) is 19.5 Å². The number of carbonyl (C=O) groups is 2. The molecule has 100 valence electrons. The Bertz CT molecular complexity index is 376. The van der Waals surface area contributed by atoms with Crippen molar-refractivity contribution in [3.05, 3.63) is 24.2 Å². The van der Waals surface area contributed by atoms with E-state index in [1.165, 1.54) is 0 Å². The summed E-state index contributed by atoms with van der Waals surface area (Å²) in [4.78, 5) is 22.7. The van der Waals surface area contributed by atoms with Crippen LogP contribution in [0.3, 0.4) is 0 Å². The van der Waals surface area contributed by atoms with Gasteiger partial charge in [-0.05, 0) is 26.0 Å². The number of carbonyl (C=O) groups excluding carboxylic acids is 2. The van der Waals surface area contributed by atoms with Gasteiger partial charge < -0.3 is 15.1 Å². The van der Waals surface area contributed by atoms with Gasteiger partial charge in [0.1, 0.15) is 5.76 Å². The van der Waals surface area contributed by atoms with Gasteiger partial charge >= 0.3 is 6.03 Å². The zero-order valence-corrected chi connectivity index (χ0v) is 10.7. The highest BCUT2D eigenvalue weighted by atomic mass is 16.3. The van der Waals surface area contributed by atoms with Crippen LogP contribution < -0.4 is 16.0 Å².